The zero-order valence-electron chi connectivity index (χ0n) is 11.6. The van der Waals surface area contributed by atoms with Crippen LogP contribution in [0.1, 0.15) is 59.6 Å². The number of rotatable bonds is 3. The summed E-state index contributed by atoms with van der Waals surface area (Å²) in [6.45, 7) is 6.49. The summed E-state index contributed by atoms with van der Waals surface area (Å²) >= 11 is 1.65. The Morgan fingerprint density at radius 2 is 2.17 bits per heavy atom. The van der Waals surface area contributed by atoms with Crippen LogP contribution in [0.2, 0.25) is 0 Å². The van der Waals surface area contributed by atoms with Crippen LogP contribution in [0.4, 0.5) is 0 Å². The van der Waals surface area contributed by atoms with Gasteiger partial charge in [0.25, 0.3) is 5.91 Å². The van der Waals surface area contributed by atoms with Crippen molar-refractivity contribution in [3.05, 3.63) is 21.4 Å². The van der Waals surface area contributed by atoms with E-state index in [1.807, 2.05) is 6.07 Å². The molecule has 0 saturated heterocycles. The average Bonchev–Trinajstić information content (AvgIpc) is 2.73. The molecule has 0 aliphatic heterocycles. The van der Waals surface area contributed by atoms with Gasteiger partial charge in [0.15, 0.2) is 0 Å². The molecule has 1 aromatic heterocycles. The third-order valence-corrected chi connectivity index (χ3v) is 5.37. The monoisotopic (exact) mass is 265 g/mol. The fourth-order valence-electron chi connectivity index (χ4n) is 2.75. The number of nitrogens with one attached hydrogen (secondary N) is 1. The quantitative estimate of drug-likeness (QED) is 0.881. The Bertz CT molecular complexity index is 424. The van der Waals surface area contributed by atoms with Crippen molar-refractivity contribution in [1.29, 1.82) is 0 Å². The molecular formula is C15H23NOS. The Hall–Kier alpha value is -0.830. The summed E-state index contributed by atoms with van der Waals surface area (Å²) < 4.78 is 0. The average molecular weight is 265 g/mol. The second kappa shape index (κ2) is 5.87. The first-order chi connectivity index (χ1) is 8.61. The molecular weight excluding hydrogens is 242 g/mol. The lowest BCUT2D eigenvalue weighted by Gasteiger charge is -2.29. The predicted molar refractivity (Wildman–Crippen MR) is 77.3 cm³/mol. The number of hydrogen-bond acceptors (Lipinski definition) is 2. The van der Waals surface area contributed by atoms with Gasteiger partial charge >= 0.3 is 0 Å². The second-order valence-corrected chi connectivity index (χ2v) is 6.55. The van der Waals surface area contributed by atoms with Crippen LogP contribution < -0.4 is 5.32 Å². The van der Waals surface area contributed by atoms with Gasteiger partial charge in [-0.05, 0) is 43.7 Å². The van der Waals surface area contributed by atoms with E-state index in [4.69, 9.17) is 0 Å². The van der Waals surface area contributed by atoms with E-state index in [0.717, 1.165) is 17.7 Å². The molecule has 2 nitrogen and oxygen atoms in total. The van der Waals surface area contributed by atoms with Crippen LogP contribution in [0.25, 0.3) is 0 Å². The Morgan fingerprint density at radius 3 is 2.78 bits per heavy atom. The number of amides is 1. The molecule has 1 saturated carbocycles. The molecule has 1 aromatic rings. The first-order valence-electron chi connectivity index (χ1n) is 7.02. The van der Waals surface area contributed by atoms with E-state index in [1.54, 1.807) is 11.3 Å². The first-order valence-corrected chi connectivity index (χ1v) is 7.83. The highest BCUT2D eigenvalue weighted by Gasteiger charge is 2.23. The maximum atomic E-state index is 12.2. The van der Waals surface area contributed by atoms with Crippen molar-refractivity contribution < 1.29 is 4.79 Å². The molecule has 0 radical (unpaired) electrons. The summed E-state index contributed by atoms with van der Waals surface area (Å²) in [6, 6.07) is 2.41. The summed E-state index contributed by atoms with van der Waals surface area (Å²) in [7, 11) is 0. The van der Waals surface area contributed by atoms with Crippen LogP contribution in [-0.4, -0.2) is 11.9 Å². The molecule has 18 heavy (non-hydrogen) atoms. The summed E-state index contributed by atoms with van der Waals surface area (Å²) in [5, 5.41) is 3.22. The van der Waals surface area contributed by atoms with Gasteiger partial charge in [-0.25, -0.2) is 0 Å². The van der Waals surface area contributed by atoms with Crippen molar-refractivity contribution >= 4 is 17.2 Å². The maximum Gasteiger partial charge on any atom is 0.261 e. The zero-order chi connectivity index (χ0) is 13.1. The molecule has 2 rings (SSSR count). The van der Waals surface area contributed by atoms with E-state index < -0.39 is 0 Å². The van der Waals surface area contributed by atoms with Gasteiger partial charge < -0.3 is 5.32 Å². The van der Waals surface area contributed by atoms with Gasteiger partial charge in [0.05, 0.1) is 4.88 Å². The van der Waals surface area contributed by atoms with E-state index in [9.17, 15) is 4.79 Å². The molecule has 0 aromatic carbocycles. The molecule has 1 fully saturated rings. The van der Waals surface area contributed by atoms with Crippen molar-refractivity contribution in [3.63, 3.8) is 0 Å². The van der Waals surface area contributed by atoms with Crippen molar-refractivity contribution in [2.45, 2.75) is 58.9 Å². The van der Waals surface area contributed by atoms with Gasteiger partial charge in [-0.3, -0.25) is 4.79 Å². The molecule has 100 valence electrons. The van der Waals surface area contributed by atoms with Crippen molar-refractivity contribution in [2.24, 2.45) is 5.92 Å². The topological polar surface area (TPSA) is 29.1 Å². The minimum absolute atomic E-state index is 0.126. The Kier molecular flexibility index (Phi) is 4.44. The molecule has 1 N–H and O–H groups in total. The number of aryl methyl sites for hydroxylation is 2. The normalized spacial score (nSPS) is 23.9. The van der Waals surface area contributed by atoms with Crippen molar-refractivity contribution in [1.82, 2.24) is 5.32 Å². The first kappa shape index (κ1) is 13.6. The number of carbonyl (C=O) groups excluding carboxylic acids is 1. The molecule has 0 bridgehead atoms. The van der Waals surface area contributed by atoms with Crippen LogP contribution >= 0.6 is 11.3 Å². The molecule has 1 amide bonds. The fraction of sp³-hybridized carbons (Fsp3) is 0.667. The summed E-state index contributed by atoms with van der Waals surface area (Å²) in [5.41, 5.74) is 1.25. The Morgan fingerprint density at radius 1 is 1.44 bits per heavy atom. The molecule has 3 heteroatoms. The van der Waals surface area contributed by atoms with E-state index >= 15 is 0 Å². The fourth-order valence-corrected chi connectivity index (χ4v) is 3.77. The zero-order valence-corrected chi connectivity index (χ0v) is 12.4. The molecule has 1 aliphatic rings. The van der Waals surface area contributed by atoms with Crippen LogP contribution in [0.3, 0.4) is 0 Å². The summed E-state index contributed by atoms with van der Waals surface area (Å²) in [4.78, 5) is 14.4. The van der Waals surface area contributed by atoms with Gasteiger partial charge in [-0.1, -0.05) is 26.7 Å². The predicted octanol–water partition coefficient (Wildman–Crippen LogP) is 3.93. The lowest BCUT2D eigenvalue weighted by molar-refractivity contribution is 0.0914. The molecule has 0 spiro atoms. The maximum absolute atomic E-state index is 12.2. The van der Waals surface area contributed by atoms with Crippen LogP contribution in [0, 0.1) is 12.8 Å². The lowest BCUT2D eigenvalue weighted by Crippen LogP contribution is -2.40. The van der Waals surface area contributed by atoms with Gasteiger partial charge in [-0.2, -0.15) is 0 Å². The lowest BCUT2D eigenvalue weighted by atomic mass is 9.86. The van der Waals surface area contributed by atoms with E-state index in [0.29, 0.717) is 12.0 Å². The standard InChI is InChI=1S/C15H23NOS/c1-4-13-11(3)9-14(18-13)15(17)16-12-8-6-5-7-10(12)2/h9-10,12H,4-8H2,1-3H3,(H,16,17). The minimum Gasteiger partial charge on any atom is -0.348 e. The highest BCUT2D eigenvalue weighted by atomic mass is 32.1. The van der Waals surface area contributed by atoms with E-state index in [1.165, 1.54) is 29.7 Å². The third kappa shape index (κ3) is 2.94. The van der Waals surface area contributed by atoms with E-state index in [-0.39, 0.29) is 5.91 Å². The number of carbonyl (C=O) groups is 1. The number of hydrogen-bond donors (Lipinski definition) is 1. The minimum atomic E-state index is 0.126. The molecule has 2 unspecified atom stereocenters. The number of thiophene rings is 1. The van der Waals surface area contributed by atoms with Gasteiger partial charge in [0.2, 0.25) is 0 Å². The second-order valence-electron chi connectivity index (χ2n) is 5.41. The highest BCUT2D eigenvalue weighted by Crippen LogP contribution is 2.26. The van der Waals surface area contributed by atoms with Gasteiger partial charge in [0.1, 0.15) is 0 Å². The van der Waals surface area contributed by atoms with Gasteiger partial charge in [0, 0.05) is 10.9 Å². The van der Waals surface area contributed by atoms with Crippen molar-refractivity contribution in [2.75, 3.05) is 0 Å². The van der Waals surface area contributed by atoms with E-state index in [2.05, 4.69) is 26.1 Å². The molecule has 1 heterocycles. The summed E-state index contributed by atoms with van der Waals surface area (Å²) in [5.74, 6) is 0.746. The summed E-state index contributed by atoms with van der Waals surface area (Å²) in [6.07, 6.45) is 5.96. The smallest absolute Gasteiger partial charge is 0.261 e. The highest BCUT2D eigenvalue weighted by molar-refractivity contribution is 7.14. The molecule has 1 aliphatic carbocycles. The SMILES string of the molecule is CCc1sc(C(=O)NC2CCCCC2C)cc1C. The molecule has 2 atom stereocenters. The Balaban J connectivity index is 2.02. The van der Waals surface area contributed by atoms with Crippen LogP contribution in [0.15, 0.2) is 6.07 Å². The van der Waals surface area contributed by atoms with Crippen LogP contribution in [-0.2, 0) is 6.42 Å². The Labute approximate surface area is 114 Å². The largest absolute Gasteiger partial charge is 0.348 e. The van der Waals surface area contributed by atoms with Crippen LogP contribution in [0.5, 0.6) is 0 Å². The third-order valence-electron chi connectivity index (χ3n) is 3.99. The van der Waals surface area contributed by atoms with Crippen molar-refractivity contribution in [3.8, 4) is 0 Å². The van der Waals surface area contributed by atoms with Gasteiger partial charge in [-0.15, -0.1) is 11.3 Å².